The van der Waals surface area contributed by atoms with Crippen molar-refractivity contribution in [3.8, 4) is 0 Å². The third-order valence-corrected chi connectivity index (χ3v) is 6.55. The van der Waals surface area contributed by atoms with Crippen molar-refractivity contribution < 1.29 is 27.5 Å². The van der Waals surface area contributed by atoms with Gasteiger partial charge in [-0.25, -0.2) is 9.10 Å². The molecule has 0 aliphatic carbocycles. The minimum atomic E-state index is -4.32. The first-order valence-electron chi connectivity index (χ1n) is 13.6. The number of nitrogens with one attached hydrogen (secondary N) is 1. The molecule has 0 radical (unpaired) electrons. The van der Waals surface area contributed by atoms with E-state index in [1.807, 2.05) is 41.5 Å². The summed E-state index contributed by atoms with van der Waals surface area (Å²) in [4.78, 5) is 24.3. The second-order valence-electron chi connectivity index (χ2n) is 9.97. The van der Waals surface area contributed by atoms with Crippen LogP contribution in [0.2, 0.25) is 0 Å². The molecule has 1 aromatic rings. The maximum atomic E-state index is 12.8. The molecule has 1 heterocycles. The predicted octanol–water partition coefficient (Wildman–Crippen LogP) is 7.77. The summed E-state index contributed by atoms with van der Waals surface area (Å²) >= 11 is 1.39. The molecule has 6 nitrogen and oxygen atoms in total. The number of benzene rings is 1. The number of alkyl halides is 3. The number of hydrogen-bond acceptors (Lipinski definition) is 5. The average Bonchev–Trinajstić information content (AvgIpc) is 2.84. The van der Waals surface area contributed by atoms with E-state index in [1.54, 1.807) is 11.0 Å². The minimum Gasteiger partial charge on any atom is -0.444 e. The lowest BCUT2D eigenvalue weighted by molar-refractivity contribution is -0.137. The van der Waals surface area contributed by atoms with Crippen LogP contribution in [0.3, 0.4) is 0 Å². The number of ether oxygens (including phenoxy) is 1. The van der Waals surface area contributed by atoms with Gasteiger partial charge in [-0.3, -0.25) is 4.79 Å². The lowest BCUT2D eigenvalue weighted by atomic mass is 10.1. The van der Waals surface area contributed by atoms with Gasteiger partial charge < -0.3 is 15.0 Å². The van der Waals surface area contributed by atoms with E-state index in [9.17, 15) is 22.8 Å². The highest BCUT2D eigenvalue weighted by atomic mass is 32.2. The van der Waals surface area contributed by atoms with Crippen molar-refractivity contribution in [2.75, 3.05) is 19.6 Å². The van der Waals surface area contributed by atoms with Crippen LogP contribution < -0.4 is 5.32 Å². The zero-order valence-corrected chi connectivity index (χ0v) is 25.2. The molecule has 0 bridgehead atoms. The van der Waals surface area contributed by atoms with Gasteiger partial charge >= 0.3 is 12.3 Å². The molecule has 1 aliphatic heterocycles. The molecule has 1 aromatic carbocycles. The van der Waals surface area contributed by atoms with Gasteiger partial charge in [0, 0.05) is 36.6 Å². The number of rotatable bonds is 9. The summed E-state index contributed by atoms with van der Waals surface area (Å²) in [6.45, 7) is 17.9. The minimum absolute atomic E-state index is 0.194. The van der Waals surface area contributed by atoms with E-state index in [-0.39, 0.29) is 18.2 Å². The highest BCUT2D eigenvalue weighted by Crippen LogP contribution is 2.34. The van der Waals surface area contributed by atoms with Gasteiger partial charge in [0.25, 0.3) is 0 Å². The Balaban J connectivity index is 0.000000780. The number of hydrogen-bond donors (Lipinski definition) is 1. The van der Waals surface area contributed by atoms with E-state index in [0.29, 0.717) is 18.0 Å². The van der Waals surface area contributed by atoms with Crippen molar-refractivity contribution in [2.24, 2.45) is 0 Å². The summed E-state index contributed by atoms with van der Waals surface area (Å²) in [5.74, 6) is 0. The lowest BCUT2D eigenvalue weighted by Gasteiger charge is -2.36. The molecule has 220 valence electrons. The summed E-state index contributed by atoms with van der Waals surface area (Å²) in [6.07, 6.45) is 0.904. The monoisotopic (exact) mass is 563 g/mol. The summed E-state index contributed by atoms with van der Waals surface area (Å²) in [5, 5.41) is 2.78. The van der Waals surface area contributed by atoms with Crippen LogP contribution in [0, 0.1) is 0 Å². The first-order valence-corrected chi connectivity index (χ1v) is 14.4. The fraction of sp³-hybridized carbons (Fsp3) is 0.714. The molecule has 0 saturated carbocycles. The van der Waals surface area contributed by atoms with Crippen LogP contribution >= 0.6 is 11.9 Å². The fourth-order valence-corrected chi connectivity index (χ4v) is 4.90. The Hall–Kier alpha value is -1.94. The predicted molar refractivity (Wildman–Crippen MR) is 150 cm³/mol. The van der Waals surface area contributed by atoms with Crippen LogP contribution in [0.4, 0.5) is 18.0 Å². The molecule has 2 amide bonds. The third-order valence-electron chi connectivity index (χ3n) is 5.37. The summed E-state index contributed by atoms with van der Waals surface area (Å²) < 4.78 is 45.8. The molecule has 1 saturated heterocycles. The number of likely N-dealkylation sites (tertiary alicyclic amines) is 1. The zero-order valence-electron chi connectivity index (χ0n) is 24.4. The summed E-state index contributed by atoms with van der Waals surface area (Å²) in [7, 11) is 0. The van der Waals surface area contributed by atoms with Crippen molar-refractivity contribution >= 4 is 24.5 Å². The lowest BCUT2D eigenvalue weighted by Crippen LogP contribution is -2.42. The first-order chi connectivity index (χ1) is 17.8. The average molecular weight is 564 g/mol. The molecular weight excluding hydrogens is 515 g/mol. The Labute approximate surface area is 232 Å². The van der Waals surface area contributed by atoms with E-state index < -0.39 is 17.3 Å². The Kier molecular flexibility index (Phi) is 17.4. The standard InChI is InChI=1S/C16H21F3N2OS.C10H21NO2.C2H6/c1-2-8-21(14-6-9-20(12-22)10-7-14)23-15-5-3-4-13(11-15)16(17,18)19;1-6-7-8(2)11-9(12)13-10(3,4)5;1-2/h3-5,11-12,14H,2,6-10H2,1H3;8H,6-7H2,1-5H3,(H,11,12);1-2H3. The van der Waals surface area contributed by atoms with Crippen molar-refractivity contribution in [3.63, 3.8) is 0 Å². The summed E-state index contributed by atoms with van der Waals surface area (Å²) in [6, 6.07) is 5.93. The van der Waals surface area contributed by atoms with Crippen LogP contribution in [0.25, 0.3) is 0 Å². The van der Waals surface area contributed by atoms with Crippen molar-refractivity contribution in [3.05, 3.63) is 29.8 Å². The molecule has 0 aromatic heterocycles. The van der Waals surface area contributed by atoms with Gasteiger partial charge in [0.1, 0.15) is 5.60 Å². The van der Waals surface area contributed by atoms with Gasteiger partial charge in [0.2, 0.25) is 6.41 Å². The van der Waals surface area contributed by atoms with Crippen LogP contribution in [0.5, 0.6) is 0 Å². The van der Waals surface area contributed by atoms with E-state index in [0.717, 1.165) is 51.1 Å². The van der Waals surface area contributed by atoms with Gasteiger partial charge in [0.15, 0.2) is 0 Å². The molecule has 10 heteroatoms. The molecular formula is C28H48F3N3O3S. The Bertz CT molecular complexity index is 796. The van der Waals surface area contributed by atoms with Crippen LogP contribution in [0.1, 0.15) is 93.1 Å². The SMILES string of the molecule is CC.CCCC(C)NC(=O)OC(C)(C)C.CCCN(Sc1cccc(C(F)(F)F)c1)C1CCN(C=O)CC1. The quantitative estimate of drug-likeness (QED) is 0.246. The van der Waals surface area contributed by atoms with E-state index in [4.69, 9.17) is 4.74 Å². The molecule has 1 fully saturated rings. The highest BCUT2D eigenvalue weighted by Gasteiger charge is 2.31. The van der Waals surface area contributed by atoms with E-state index in [2.05, 4.69) is 23.5 Å². The van der Waals surface area contributed by atoms with Crippen molar-refractivity contribution in [2.45, 2.75) is 116 Å². The number of nitrogens with zero attached hydrogens (tertiary/aromatic N) is 2. The normalized spacial score (nSPS) is 15.0. The zero-order chi connectivity index (χ0) is 29.4. The number of carbonyl (C=O) groups is 2. The molecule has 2 rings (SSSR count). The fourth-order valence-electron chi connectivity index (χ4n) is 3.68. The molecule has 0 spiro atoms. The third kappa shape index (κ3) is 15.5. The van der Waals surface area contributed by atoms with Crippen molar-refractivity contribution in [1.82, 2.24) is 14.5 Å². The molecule has 38 heavy (non-hydrogen) atoms. The molecule has 1 atom stereocenters. The largest absolute Gasteiger partial charge is 0.444 e. The van der Waals surface area contributed by atoms with Gasteiger partial charge in [-0.05, 0) is 83.5 Å². The number of piperidine rings is 1. The maximum absolute atomic E-state index is 12.8. The van der Waals surface area contributed by atoms with E-state index in [1.165, 1.54) is 24.1 Å². The smallest absolute Gasteiger partial charge is 0.416 e. The second-order valence-corrected chi connectivity index (χ2v) is 11.1. The molecule has 1 aliphatic rings. The Morgan fingerprint density at radius 2 is 1.79 bits per heavy atom. The first kappa shape index (κ1) is 36.1. The highest BCUT2D eigenvalue weighted by molar-refractivity contribution is 7.97. The van der Waals surface area contributed by atoms with Crippen molar-refractivity contribution in [1.29, 1.82) is 0 Å². The van der Waals surface area contributed by atoms with Crippen LogP contribution in [0.15, 0.2) is 29.2 Å². The molecule has 1 unspecified atom stereocenters. The second kappa shape index (κ2) is 18.4. The Morgan fingerprint density at radius 3 is 2.26 bits per heavy atom. The number of halogens is 3. The van der Waals surface area contributed by atoms with Crippen LogP contribution in [-0.2, 0) is 15.7 Å². The Morgan fingerprint density at radius 1 is 1.18 bits per heavy atom. The topological polar surface area (TPSA) is 61.9 Å². The van der Waals surface area contributed by atoms with Gasteiger partial charge in [-0.2, -0.15) is 13.2 Å². The number of alkyl carbamates (subject to hydrolysis) is 1. The number of amides is 2. The molecule has 1 N–H and O–H groups in total. The van der Waals surface area contributed by atoms with E-state index >= 15 is 0 Å². The van der Waals surface area contributed by atoms with Gasteiger partial charge in [-0.1, -0.05) is 40.2 Å². The van der Waals surface area contributed by atoms with Gasteiger partial charge in [-0.15, -0.1) is 0 Å². The maximum Gasteiger partial charge on any atom is 0.416 e. The summed E-state index contributed by atoms with van der Waals surface area (Å²) in [5.41, 5.74) is -1.02. The van der Waals surface area contributed by atoms with Gasteiger partial charge in [0.05, 0.1) is 5.56 Å². The number of carbonyl (C=O) groups excluding carboxylic acids is 2. The van der Waals surface area contributed by atoms with Crippen LogP contribution in [-0.4, -0.2) is 59.0 Å².